The zero-order chi connectivity index (χ0) is 13.2. The number of halogens is 2. The fourth-order valence-corrected chi connectivity index (χ4v) is 1.82. The van der Waals surface area contributed by atoms with Crippen molar-refractivity contribution in [2.45, 2.75) is 27.2 Å². The SMILES string of the molecule is CC(C)C(C)(Cc1ccc(F)cc1Cl)C(=O)O. The molecule has 1 N–H and O–H groups in total. The van der Waals surface area contributed by atoms with Gasteiger partial charge in [0.05, 0.1) is 5.41 Å². The van der Waals surface area contributed by atoms with Crippen LogP contribution in [0.15, 0.2) is 18.2 Å². The summed E-state index contributed by atoms with van der Waals surface area (Å²) in [4.78, 5) is 11.3. The number of aliphatic carboxylic acids is 1. The Hall–Kier alpha value is -1.09. The van der Waals surface area contributed by atoms with Crippen molar-refractivity contribution < 1.29 is 14.3 Å². The molecule has 0 aliphatic carbocycles. The molecular formula is C13H16ClFO2. The number of carboxylic acids is 1. The van der Waals surface area contributed by atoms with E-state index >= 15 is 0 Å². The maximum atomic E-state index is 12.9. The fraction of sp³-hybridized carbons (Fsp3) is 0.462. The summed E-state index contributed by atoms with van der Waals surface area (Å²) in [7, 11) is 0. The van der Waals surface area contributed by atoms with Gasteiger partial charge in [-0.2, -0.15) is 0 Å². The zero-order valence-corrected chi connectivity index (χ0v) is 10.9. The van der Waals surface area contributed by atoms with E-state index in [0.717, 1.165) is 0 Å². The van der Waals surface area contributed by atoms with Gasteiger partial charge in [-0.3, -0.25) is 4.79 Å². The standard InChI is InChI=1S/C13H16ClFO2/c1-8(2)13(3,12(16)17)7-9-4-5-10(15)6-11(9)14/h4-6,8H,7H2,1-3H3,(H,16,17). The number of benzene rings is 1. The lowest BCUT2D eigenvalue weighted by Crippen LogP contribution is -2.35. The van der Waals surface area contributed by atoms with E-state index in [1.807, 2.05) is 13.8 Å². The van der Waals surface area contributed by atoms with E-state index in [4.69, 9.17) is 11.6 Å². The third kappa shape index (κ3) is 2.97. The van der Waals surface area contributed by atoms with E-state index in [1.165, 1.54) is 12.1 Å². The van der Waals surface area contributed by atoms with Crippen molar-refractivity contribution in [3.8, 4) is 0 Å². The van der Waals surface area contributed by atoms with E-state index in [9.17, 15) is 14.3 Å². The molecule has 0 aliphatic rings. The van der Waals surface area contributed by atoms with Crippen LogP contribution in [0.5, 0.6) is 0 Å². The second-order valence-corrected chi connectivity index (χ2v) is 5.20. The molecule has 0 fully saturated rings. The van der Waals surface area contributed by atoms with Gasteiger partial charge in [-0.05, 0) is 37.0 Å². The molecule has 1 rings (SSSR count). The van der Waals surface area contributed by atoms with Crippen LogP contribution in [0.3, 0.4) is 0 Å². The van der Waals surface area contributed by atoms with Gasteiger partial charge in [0.1, 0.15) is 5.82 Å². The number of carbonyl (C=O) groups is 1. The largest absolute Gasteiger partial charge is 0.481 e. The fourth-order valence-electron chi connectivity index (χ4n) is 1.59. The molecule has 0 saturated heterocycles. The first-order valence-electron chi connectivity index (χ1n) is 5.44. The van der Waals surface area contributed by atoms with Gasteiger partial charge in [-0.1, -0.05) is 31.5 Å². The first-order valence-corrected chi connectivity index (χ1v) is 5.82. The zero-order valence-electron chi connectivity index (χ0n) is 10.1. The highest BCUT2D eigenvalue weighted by Gasteiger charge is 2.37. The Labute approximate surface area is 105 Å². The summed E-state index contributed by atoms with van der Waals surface area (Å²) < 4.78 is 12.9. The van der Waals surface area contributed by atoms with Crippen LogP contribution in [0.4, 0.5) is 4.39 Å². The normalized spacial score (nSPS) is 14.7. The van der Waals surface area contributed by atoms with Crippen molar-refractivity contribution in [3.63, 3.8) is 0 Å². The molecular weight excluding hydrogens is 243 g/mol. The molecule has 1 aromatic rings. The van der Waals surface area contributed by atoms with Crippen LogP contribution in [0.2, 0.25) is 5.02 Å². The first kappa shape index (κ1) is 14.0. The molecule has 1 aromatic carbocycles. The molecule has 0 spiro atoms. The molecule has 0 amide bonds. The second kappa shape index (κ2) is 5.05. The topological polar surface area (TPSA) is 37.3 Å². The predicted octanol–water partition coefficient (Wildman–Crippen LogP) is 3.77. The van der Waals surface area contributed by atoms with Crippen LogP contribution in [-0.2, 0) is 11.2 Å². The Kier molecular flexibility index (Phi) is 4.15. The van der Waals surface area contributed by atoms with Gasteiger partial charge in [0.2, 0.25) is 0 Å². The summed E-state index contributed by atoms with van der Waals surface area (Å²) in [5.41, 5.74) is -0.242. The summed E-state index contributed by atoms with van der Waals surface area (Å²) in [6.45, 7) is 5.39. The van der Waals surface area contributed by atoms with E-state index in [0.29, 0.717) is 12.0 Å². The summed E-state index contributed by atoms with van der Waals surface area (Å²) in [5, 5.41) is 9.57. The van der Waals surface area contributed by atoms with Gasteiger partial charge in [-0.15, -0.1) is 0 Å². The highest BCUT2D eigenvalue weighted by molar-refractivity contribution is 6.31. The summed E-state index contributed by atoms with van der Waals surface area (Å²) >= 11 is 5.91. The molecule has 94 valence electrons. The lowest BCUT2D eigenvalue weighted by molar-refractivity contribution is -0.150. The minimum absolute atomic E-state index is 0.0406. The van der Waals surface area contributed by atoms with Crippen molar-refractivity contribution in [1.82, 2.24) is 0 Å². The minimum atomic E-state index is -0.901. The molecule has 2 nitrogen and oxygen atoms in total. The lowest BCUT2D eigenvalue weighted by atomic mass is 9.74. The molecule has 1 atom stereocenters. The Morgan fingerprint density at radius 2 is 2.12 bits per heavy atom. The van der Waals surface area contributed by atoms with Gasteiger partial charge in [0.15, 0.2) is 0 Å². The van der Waals surface area contributed by atoms with Gasteiger partial charge >= 0.3 is 5.97 Å². The van der Waals surface area contributed by atoms with Crippen molar-refractivity contribution in [2.75, 3.05) is 0 Å². The Balaban J connectivity index is 3.07. The van der Waals surface area contributed by atoms with E-state index in [2.05, 4.69) is 0 Å². The average molecular weight is 259 g/mol. The van der Waals surface area contributed by atoms with Crippen LogP contribution in [0.1, 0.15) is 26.3 Å². The monoisotopic (exact) mass is 258 g/mol. The van der Waals surface area contributed by atoms with E-state index < -0.39 is 17.2 Å². The summed E-state index contributed by atoms with van der Waals surface area (Å²) in [6, 6.07) is 4.05. The smallest absolute Gasteiger partial charge is 0.309 e. The maximum absolute atomic E-state index is 12.9. The Morgan fingerprint density at radius 3 is 2.53 bits per heavy atom. The van der Waals surface area contributed by atoms with Crippen molar-refractivity contribution >= 4 is 17.6 Å². The second-order valence-electron chi connectivity index (χ2n) is 4.79. The van der Waals surface area contributed by atoms with E-state index in [1.54, 1.807) is 13.0 Å². The maximum Gasteiger partial charge on any atom is 0.309 e. The molecule has 0 radical (unpaired) electrons. The predicted molar refractivity (Wildman–Crippen MR) is 65.7 cm³/mol. The minimum Gasteiger partial charge on any atom is -0.481 e. The van der Waals surface area contributed by atoms with E-state index in [-0.39, 0.29) is 10.9 Å². The quantitative estimate of drug-likeness (QED) is 0.893. The highest BCUT2D eigenvalue weighted by Crippen LogP contribution is 2.34. The molecule has 4 heteroatoms. The molecule has 0 aliphatic heterocycles. The molecule has 1 unspecified atom stereocenters. The van der Waals surface area contributed by atoms with Crippen LogP contribution in [0.25, 0.3) is 0 Å². The number of rotatable bonds is 4. The molecule has 0 aromatic heterocycles. The first-order chi connectivity index (χ1) is 7.77. The van der Waals surface area contributed by atoms with Gasteiger partial charge in [0, 0.05) is 5.02 Å². The number of hydrogen-bond acceptors (Lipinski definition) is 1. The van der Waals surface area contributed by atoms with Crippen LogP contribution >= 0.6 is 11.6 Å². The van der Waals surface area contributed by atoms with Gasteiger partial charge in [-0.25, -0.2) is 4.39 Å². The average Bonchev–Trinajstić information content (AvgIpc) is 2.21. The Bertz CT molecular complexity index is 431. The van der Waals surface area contributed by atoms with Crippen molar-refractivity contribution in [3.05, 3.63) is 34.6 Å². The summed E-state index contributed by atoms with van der Waals surface area (Å²) in [6.07, 6.45) is 0.291. The third-order valence-corrected chi connectivity index (χ3v) is 3.69. The third-order valence-electron chi connectivity index (χ3n) is 3.34. The van der Waals surface area contributed by atoms with Crippen LogP contribution in [0, 0.1) is 17.2 Å². The molecule has 0 saturated carbocycles. The van der Waals surface area contributed by atoms with Crippen molar-refractivity contribution in [2.24, 2.45) is 11.3 Å². The summed E-state index contributed by atoms with van der Waals surface area (Å²) in [5.74, 6) is -1.32. The molecule has 17 heavy (non-hydrogen) atoms. The number of hydrogen-bond donors (Lipinski definition) is 1. The van der Waals surface area contributed by atoms with Crippen molar-refractivity contribution in [1.29, 1.82) is 0 Å². The lowest BCUT2D eigenvalue weighted by Gasteiger charge is -2.29. The van der Waals surface area contributed by atoms with Gasteiger partial charge < -0.3 is 5.11 Å². The Morgan fingerprint density at radius 1 is 1.53 bits per heavy atom. The van der Waals surface area contributed by atoms with Crippen LogP contribution in [-0.4, -0.2) is 11.1 Å². The molecule has 0 bridgehead atoms. The van der Waals surface area contributed by atoms with Gasteiger partial charge in [0.25, 0.3) is 0 Å². The molecule has 0 heterocycles. The van der Waals surface area contributed by atoms with Crippen LogP contribution < -0.4 is 0 Å². The highest BCUT2D eigenvalue weighted by atomic mass is 35.5. The number of carboxylic acid groups (broad SMARTS) is 1.